The van der Waals surface area contributed by atoms with Crippen LogP contribution in [0.4, 0.5) is 9.52 Å². The van der Waals surface area contributed by atoms with Gasteiger partial charge >= 0.3 is 11.9 Å². The standard InChI is InChI=1S/C27H25FN2O6S/c1-5-12-36-16-10-11-17(14(2)13-16)22(31)20-21(18-8-6-7-9-19(18)28)30(25(33)23(20)32)27-29-15(3)24(37-27)26(34)35-4/h6-11,13,21,31H,5,12H2,1-4H3. The van der Waals surface area contributed by atoms with Gasteiger partial charge in [-0.3, -0.25) is 14.5 Å². The highest BCUT2D eigenvalue weighted by atomic mass is 32.1. The van der Waals surface area contributed by atoms with E-state index >= 15 is 4.39 Å². The number of aromatic nitrogens is 1. The van der Waals surface area contributed by atoms with Gasteiger partial charge in [-0.2, -0.15) is 0 Å². The fourth-order valence-corrected chi connectivity index (χ4v) is 5.16. The number of thiazole rings is 1. The van der Waals surface area contributed by atoms with Crippen molar-refractivity contribution in [2.24, 2.45) is 0 Å². The topological polar surface area (TPSA) is 106 Å². The van der Waals surface area contributed by atoms with E-state index in [4.69, 9.17) is 9.47 Å². The summed E-state index contributed by atoms with van der Waals surface area (Å²) in [5.41, 5.74) is 0.903. The summed E-state index contributed by atoms with van der Waals surface area (Å²) >= 11 is 0.846. The summed E-state index contributed by atoms with van der Waals surface area (Å²) in [5, 5.41) is 11.4. The highest BCUT2D eigenvalue weighted by Crippen LogP contribution is 2.45. The predicted octanol–water partition coefficient (Wildman–Crippen LogP) is 5.10. The number of carbonyl (C=O) groups excluding carboxylic acids is 3. The SMILES string of the molecule is CCCOc1ccc(C(O)=C2C(=O)C(=O)N(c3nc(C)c(C(=O)OC)s3)C2c2ccccc2F)c(C)c1. The Morgan fingerprint density at radius 3 is 2.57 bits per heavy atom. The molecule has 2 aromatic carbocycles. The maximum atomic E-state index is 15.1. The molecule has 4 rings (SSSR count). The number of aliphatic hydroxyl groups is 1. The van der Waals surface area contributed by atoms with E-state index in [1.54, 1.807) is 38.1 Å². The minimum Gasteiger partial charge on any atom is -0.507 e. The second-order valence-corrected chi connectivity index (χ2v) is 9.40. The van der Waals surface area contributed by atoms with Crippen molar-refractivity contribution < 1.29 is 33.4 Å². The molecule has 0 radical (unpaired) electrons. The van der Waals surface area contributed by atoms with Crippen LogP contribution in [0.15, 0.2) is 48.0 Å². The van der Waals surface area contributed by atoms with Gasteiger partial charge in [-0.25, -0.2) is 14.2 Å². The van der Waals surface area contributed by atoms with Crippen LogP contribution < -0.4 is 9.64 Å². The van der Waals surface area contributed by atoms with E-state index in [2.05, 4.69) is 4.98 Å². The summed E-state index contributed by atoms with van der Waals surface area (Å²) in [6, 6.07) is 9.32. The highest BCUT2D eigenvalue weighted by molar-refractivity contribution is 7.17. The minimum atomic E-state index is -1.31. The molecule has 1 aromatic heterocycles. The van der Waals surface area contributed by atoms with Crippen LogP contribution in [-0.2, 0) is 14.3 Å². The number of Topliss-reactive ketones (excluding diaryl/α,β-unsaturated/α-hetero) is 1. The lowest BCUT2D eigenvalue weighted by atomic mass is 9.93. The Balaban J connectivity index is 1.91. The molecule has 2 heterocycles. The molecular weight excluding hydrogens is 499 g/mol. The fraction of sp³-hybridized carbons (Fsp3) is 0.259. The third kappa shape index (κ3) is 4.72. The van der Waals surface area contributed by atoms with Gasteiger partial charge in [0, 0.05) is 11.1 Å². The van der Waals surface area contributed by atoms with Gasteiger partial charge in [0.15, 0.2) is 5.13 Å². The number of ketones is 1. The van der Waals surface area contributed by atoms with E-state index in [1.165, 1.54) is 25.3 Å². The first kappa shape index (κ1) is 26.0. The zero-order valence-corrected chi connectivity index (χ0v) is 21.5. The summed E-state index contributed by atoms with van der Waals surface area (Å²) in [6.45, 7) is 5.79. The van der Waals surface area contributed by atoms with Crippen molar-refractivity contribution in [1.29, 1.82) is 0 Å². The number of hydrogen-bond acceptors (Lipinski definition) is 8. The number of aryl methyl sites for hydroxylation is 2. The number of nitrogens with zero attached hydrogens (tertiary/aromatic N) is 2. The van der Waals surface area contributed by atoms with Crippen molar-refractivity contribution in [2.75, 3.05) is 18.6 Å². The first-order chi connectivity index (χ1) is 17.7. The molecule has 1 saturated heterocycles. The molecule has 1 N–H and O–H groups in total. The predicted molar refractivity (Wildman–Crippen MR) is 136 cm³/mol. The van der Waals surface area contributed by atoms with Crippen molar-refractivity contribution in [3.63, 3.8) is 0 Å². The average Bonchev–Trinajstić information content (AvgIpc) is 3.38. The van der Waals surface area contributed by atoms with Gasteiger partial charge in [-0.15, -0.1) is 0 Å². The van der Waals surface area contributed by atoms with Crippen molar-refractivity contribution >= 4 is 39.9 Å². The molecule has 1 fully saturated rings. The molecular formula is C27H25FN2O6S. The number of benzene rings is 2. The maximum absolute atomic E-state index is 15.1. The Kier molecular flexibility index (Phi) is 7.40. The lowest BCUT2D eigenvalue weighted by molar-refractivity contribution is -0.132. The van der Waals surface area contributed by atoms with Gasteiger partial charge in [-0.1, -0.05) is 36.5 Å². The normalized spacial score (nSPS) is 16.8. The number of rotatable bonds is 7. The average molecular weight is 525 g/mol. The van der Waals surface area contributed by atoms with E-state index in [0.717, 1.165) is 22.7 Å². The van der Waals surface area contributed by atoms with Crippen molar-refractivity contribution in [3.05, 3.63) is 81.1 Å². The Morgan fingerprint density at radius 2 is 1.92 bits per heavy atom. The number of carbonyl (C=O) groups is 3. The van der Waals surface area contributed by atoms with Crippen LogP contribution in [0.1, 0.15) is 51.4 Å². The maximum Gasteiger partial charge on any atom is 0.350 e. The summed E-state index contributed by atoms with van der Waals surface area (Å²) in [4.78, 5) is 44.3. The largest absolute Gasteiger partial charge is 0.507 e. The Bertz CT molecular complexity index is 1430. The van der Waals surface area contributed by atoms with Gasteiger partial charge in [0.1, 0.15) is 28.2 Å². The second kappa shape index (κ2) is 10.5. The first-order valence-corrected chi connectivity index (χ1v) is 12.4. The molecule has 1 atom stereocenters. The third-order valence-electron chi connectivity index (χ3n) is 5.93. The van der Waals surface area contributed by atoms with E-state index in [9.17, 15) is 19.5 Å². The second-order valence-electron chi connectivity index (χ2n) is 8.42. The number of esters is 1. The lowest BCUT2D eigenvalue weighted by Gasteiger charge is -2.23. The van der Waals surface area contributed by atoms with E-state index in [1.807, 2.05) is 6.92 Å². The number of hydrogen-bond donors (Lipinski definition) is 1. The molecule has 8 nitrogen and oxygen atoms in total. The zero-order valence-electron chi connectivity index (χ0n) is 20.7. The van der Waals surface area contributed by atoms with Crippen LogP contribution in [-0.4, -0.2) is 41.5 Å². The molecule has 0 saturated carbocycles. The quantitative estimate of drug-likeness (QED) is 0.198. The van der Waals surface area contributed by atoms with Gasteiger partial charge in [0.25, 0.3) is 5.78 Å². The van der Waals surface area contributed by atoms with Crippen molar-refractivity contribution in [3.8, 4) is 5.75 Å². The van der Waals surface area contributed by atoms with E-state index in [-0.39, 0.29) is 21.1 Å². The van der Waals surface area contributed by atoms with E-state index in [0.29, 0.717) is 29.2 Å². The molecule has 192 valence electrons. The van der Waals surface area contributed by atoms with Gasteiger partial charge < -0.3 is 14.6 Å². The highest BCUT2D eigenvalue weighted by Gasteiger charge is 2.49. The molecule has 0 bridgehead atoms. The molecule has 10 heteroatoms. The van der Waals surface area contributed by atoms with Gasteiger partial charge in [0.05, 0.1) is 25.0 Å². The number of ether oxygens (including phenoxy) is 2. The zero-order chi connectivity index (χ0) is 26.9. The number of halogens is 1. The molecule has 1 amide bonds. The number of methoxy groups -OCH3 is 1. The Morgan fingerprint density at radius 1 is 1.19 bits per heavy atom. The first-order valence-electron chi connectivity index (χ1n) is 11.5. The smallest absolute Gasteiger partial charge is 0.350 e. The summed E-state index contributed by atoms with van der Waals surface area (Å²) in [7, 11) is 1.22. The lowest BCUT2D eigenvalue weighted by Crippen LogP contribution is -2.29. The molecule has 1 aliphatic rings. The van der Waals surface area contributed by atoms with Crippen LogP contribution in [0.2, 0.25) is 0 Å². The molecule has 1 unspecified atom stereocenters. The van der Waals surface area contributed by atoms with Crippen molar-refractivity contribution in [2.45, 2.75) is 33.2 Å². The Hall–Kier alpha value is -4.05. The Labute approximate surface area is 217 Å². The molecule has 0 spiro atoms. The fourth-order valence-electron chi connectivity index (χ4n) is 4.14. The monoisotopic (exact) mass is 524 g/mol. The summed E-state index contributed by atoms with van der Waals surface area (Å²) in [6.07, 6.45) is 0.820. The van der Waals surface area contributed by atoms with Crippen LogP contribution in [0, 0.1) is 19.7 Å². The van der Waals surface area contributed by atoms with Crippen LogP contribution >= 0.6 is 11.3 Å². The van der Waals surface area contributed by atoms with Crippen LogP contribution in [0.3, 0.4) is 0 Å². The van der Waals surface area contributed by atoms with Gasteiger partial charge in [0.2, 0.25) is 0 Å². The number of amides is 1. The van der Waals surface area contributed by atoms with Gasteiger partial charge in [-0.05, 0) is 50.1 Å². The summed E-state index contributed by atoms with van der Waals surface area (Å²) in [5.74, 6) is -3.18. The third-order valence-corrected chi connectivity index (χ3v) is 7.07. The van der Waals surface area contributed by atoms with Crippen molar-refractivity contribution in [1.82, 2.24) is 4.98 Å². The molecule has 1 aliphatic heterocycles. The van der Waals surface area contributed by atoms with Crippen LogP contribution in [0.25, 0.3) is 5.76 Å². The molecule has 3 aromatic rings. The van der Waals surface area contributed by atoms with E-state index < -0.39 is 35.3 Å². The van der Waals surface area contributed by atoms with Crippen LogP contribution in [0.5, 0.6) is 5.75 Å². The summed E-state index contributed by atoms with van der Waals surface area (Å²) < 4.78 is 25.5. The molecule has 0 aliphatic carbocycles. The number of anilines is 1. The molecule has 37 heavy (non-hydrogen) atoms. The number of aliphatic hydroxyl groups excluding tert-OH is 1. The minimum absolute atomic E-state index is 0.00345.